The molecule has 1 N–H and O–H groups in total. The maximum atomic E-state index is 11.5. The van der Waals surface area contributed by atoms with Crippen molar-refractivity contribution in [3.05, 3.63) is 65.7 Å². The zero-order chi connectivity index (χ0) is 15.9. The van der Waals surface area contributed by atoms with Crippen LogP contribution in [-0.4, -0.2) is 28.6 Å². The van der Waals surface area contributed by atoms with Crippen LogP contribution in [0.25, 0.3) is 0 Å². The molecule has 0 saturated carbocycles. The first-order valence-corrected chi connectivity index (χ1v) is 8.45. The Morgan fingerprint density at radius 3 is 2.52 bits per heavy atom. The molecular weight excluding hydrogens is 284 g/mol. The molecule has 2 aromatic rings. The Bertz CT molecular complexity index is 753. The van der Waals surface area contributed by atoms with E-state index in [9.17, 15) is 5.11 Å². The molecule has 4 rings (SSSR count). The highest BCUT2D eigenvalue weighted by Gasteiger charge is 2.52. The minimum absolute atomic E-state index is 0.594. The van der Waals surface area contributed by atoms with Gasteiger partial charge in [0.25, 0.3) is 11.6 Å². The molecule has 3 heteroatoms. The van der Waals surface area contributed by atoms with Crippen LogP contribution in [0.1, 0.15) is 30.4 Å². The third-order valence-electron chi connectivity index (χ3n) is 5.12. The molecule has 23 heavy (non-hydrogen) atoms. The second kappa shape index (κ2) is 5.50. The first kappa shape index (κ1) is 14.5. The van der Waals surface area contributed by atoms with Crippen molar-refractivity contribution in [3.63, 3.8) is 0 Å². The van der Waals surface area contributed by atoms with Crippen molar-refractivity contribution in [1.82, 2.24) is 0 Å². The number of hydrogen-bond acceptors (Lipinski definition) is 2. The topological polar surface area (TPSA) is 26.5 Å². The van der Waals surface area contributed by atoms with Gasteiger partial charge in [0.2, 0.25) is 0 Å². The van der Waals surface area contributed by atoms with Crippen molar-refractivity contribution in [2.24, 2.45) is 0 Å². The van der Waals surface area contributed by atoms with Crippen LogP contribution in [0, 0.1) is 6.92 Å². The van der Waals surface area contributed by atoms with Crippen LogP contribution in [0.4, 0.5) is 5.69 Å². The number of β-amino-alcohol motifs (C(OH)–C–C–N with tert-alkyl or cyclic N) is 1. The zero-order valence-corrected chi connectivity index (χ0v) is 13.6. The molecule has 3 nitrogen and oxygen atoms in total. The zero-order valence-electron chi connectivity index (χ0n) is 13.6. The van der Waals surface area contributed by atoms with Gasteiger partial charge in [0.1, 0.15) is 5.69 Å². The molecule has 0 aliphatic carbocycles. The van der Waals surface area contributed by atoms with E-state index in [0.29, 0.717) is 6.54 Å². The summed E-state index contributed by atoms with van der Waals surface area (Å²) in [5.41, 5.74) is 2.51. The lowest BCUT2D eigenvalue weighted by Crippen LogP contribution is -2.41. The van der Waals surface area contributed by atoms with Gasteiger partial charge in [-0.25, -0.2) is 9.48 Å². The van der Waals surface area contributed by atoms with Crippen LogP contribution in [0.3, 0.4) is 0 Å². The Morgan fingerprint density at radius 1 is 1.00 bits per heavy atom. The number of benzene rings is 2. The average molecular weight is 307 g/mol. The standard InChI is InChI=1S/C20H23N2O/c1-16-9-5-6-12-18(16)21-15-20(23,17-10-3-2-4-11-17)22-14-8-7-13-19(21)22/h2-6,9-12,23H,7-8,13-15H2,1H3/q+1. The van der Waals surface area contributed by atoms with Gasteiger partial charge < -0.3 is 5.11 Å². The summed E-state index contributed by atoms with van der Waals surface area (Å²) in [5.74, 6) is 1.26. The molecule has 0 amide bonds. The first-order chi connectivity index (χ1) is 11.2. The largest absolute Gasteiger partial charge is 0.346 e. The first-order valence-electron chi connectivity index (χ1n) is 8.45. The van der Waals surface area contributed by atoms with E-state index < -0.39 is 5.72 Å². The lowest BCUT2D eigenvalue weighted by Gasteiger charge is -2.24. The minimum atomic E-state index is -0.931. The van der Waals surface area contributed by atoms with Crippen molar-refractivity contribution in [1.29, 1.82) is 0 Å². The number of aryl methyl sites for hydroxylation is 1. The van der Waals surface area contributed by atoms with Crippen LogP contribution < -0.4 is 4.90 Å². The molecule has 1 atom stereocenters. The maximum absolute atomic E-state index is 11.5. The van der Waals surface area contributed by atoms with Crippen molar-refractivity contribution < 1.29 is 9.68 Å². The quantitative estimate of drug-likeness (QED) is 0.862. The fraction of sp³-hybridized carbons (Fsp3) is 0.350. The smallest absolute Gasteiger partial charge is 0.271 e. The molecule has 0 saturated heterocycles. The molecule has 0 spiro atoms. The average Bonchev–Trinajstić information content (AvgIpc) is 2.91. The lowest BCUT2D eigenvalue weighted by atomic mass is 10.0. The molecular formula is C20H23N2O+. The fourth-order valence-corrected chi connectivity index (χ4v) is 3.94. The summed E-state index contributed by atoms with van der Waals surface area (Å²) in [7, 11) is 0. The van der Waals surface area contributed by atoms with E-state index in [1.807, 2.05) is 30.3 Å². The summed E-state index contributed by atoms with van der Waals surface area (Å²) < 4.78 is 2.22. The Kier molecular flexibility index (Phi) is 3.46. The lowest BCUT2D eigenvalue weighted by molar-refractivity contribution is -0.661. The van der Waals surface area contributed by atoms with Crippen molar-refractivity contribution in [2.45, 2.75) is 31.9 Å². The van der Waals surface area contributed by atoms with Crippen LogP contribution in [0.5, 0.6) is 0 Å². The Hall–Kier alpha value is -2.13. The summed E-state index contributed by atoms with van der Waals surface area (Å²) >= 11 is 0. The number of amidine groups is 1. The normalized spacial score (nSPS) is 24.0. The van der Waals surface area contributed by atoms with E-state index in [0.717, 1.165) is 24.9 Å². The van der Waals surface area contributed by atoms with Gasteiger partial charge in [-0.05, 0) is 31.4 Å². The van der Waals surface area contributed by atoms with Gasteiger partial charge in [-0.3, -0.25) is 0 Å². The van der Waals surface area contributed by atoms with E-state index in [4.69, 9.17) is 0 Å². The molecule has 118 valence electrons. The van der Waals surface area contributed by atoms with Gasteiger partial charge in [-0.1, -0.05) is 48.5 Å². The van der Waals surface area contributed by atoms with E-state index >= 15 is 0 Å². The molecule has 2 aliphatic heterocycles. The molecule has 0 fully saturated rings. The molecule has 0 radical (unpaired) electrons. The summed E-state index contributed by atoms with van der Waals surface area (Å²) in [6.45, 7) is 3.66. The fourth-order valence-electron chi connectivity index (χ4n) is 3.94. The molecule has 2 heterocycles. The summed E-state index contributed by atoms with van der Waals surface area (Å²) in [5, 5.41) is 11.5. The van der Waals surface area contributed by atoms with Crippen molar-refractivity contribution >= 4 is 11.5 Å². The number of para-hydroxylation sites is 1. The number of rotatable bonds is 2. The predicted octanol–water partition coefficient (Wildman–Crippen LogP) is 3.26. The predicted molar refractivity (Wildman–Crippen MR) is 92.8 cm³/mol. The van der Waals surface area contributed by atoms with E-state index in [2.05, 4.69) is 40.7 Å². The summed E-state index contributed by atoms with van der Waals surface area (Å²) in [6, 6.07) is 18.5. The monoisotopic (exact) mass is 307 g/mol. The highest BCUT2D eigenvalue weighted by Crippen LogP contribution is 2.36. The van der Waals surface area contributed by atoms with Gasteiger partial charge in [-0.15, -0.1) is 0 Å². The minimum Gasteiger partial charge on any atom is -0.346 e. The van der Waals surface area contributed by atoms with Crippen molar-refractivity contribution in [2.75, 3.05) is 18.0 Å². The Balaban J connectivity index is 1.83. The molecule has 1 unspecified atom stereocenters. The van der Waals surface area contributed by atoms with E-state index in [1.165, 1.54) is 23.5 Å². The van der Waals surface area contributed by atoms with Crippen molar-refractivity contribution in [3.8, 4) is 0 Å². The third-order valence-corrected chi connectivity index (χ3v) is 5.12. The summed E-state index contributed by atoms with van der Waals surface area (Å²) in [6.07, 6.45) is 3.36. The third kappa shape index (κ3) is 2.27. The second-order valence-electron chi connectivity index (χ2n) is 6.58. The molecule has 0 bridgehead atoms. The summed E-state index contributed by atoms with van der Waals surface area (Å²) in [4.78, 5) is 2.32. The highest BCUT2D eigenvalue weighted by molar-refractivity contribution is 5.96. The van der Waals surface area contributed by atoms with Crippen LogP contribution in [0.15, 0.2) is 54.6 Å². The van der Waals surface area contributed by atoms with Crippen LogP contribution in [-0.2, 0) is 5.72 Å². The highest BCUT2D eigenvalue weighted by atomic mass is 16.3. The molecule has 2 aromatic carbocycles. The van der Waals surface area contributed by atoms with Gasteiger partial charge in [0.05, 0.1) is 6.54 Å². The number of hydrogen-bond donors (Lipinski definition) is 1. The van der Waals surface area contributed by atoms with Gasteiger partial charge in [-0.2, -0.15) is 0 Å². The SMILES string of the molecule is Cc1ccccc1N1CC(O)(c2ccccc2)[N+]2=C1CCCC2. The molecule has 2 aliphatic rings. The Morgan fingerprint density at radius 2 is 1.74 bits per heavy atom. The van der Waals surface area contributed by atoms with E-state index in [1.54, 1.807) is 0 Å². The second-order valence-corrected chi connectivity index (χ2v) is 6.58. The maximum Gasteiger partial charge on any atom is 0.271 e. The van der Waals surface area contributed by atoms with Crippen LogP contribution >= 0.6 is 0 Å². The van der Waals surface area contributed by atoms with E-state index in [-0.39, 0.29) is 0 Å². The van der Waals surface area contributed by atoms with Crippen LogP contribution in [0.2, 0.25) is 0 Å². The van der Waals surface area contributed by atoms with Gasteiger partial charge >= 0.3 is 0 Å². The number of anilines is 1. The van der Waals surface area contributed by atoms with Gasteiger partial charge in [0.15, 0.2) is 6.54 Å². The number of nitrogens with zero attached hydrogens (tertiary/aromatic N) is 2. The Labute approximate surface area is 137 Å². The molecule has 0 aromatic heterocycles. The number of aliphatic hydroxyl groups is 1. The van der Waals surface area contributed by atoms with Gasteiger partial charge in [0, 0.05) is 12.0 Å².